The lowest BCUT2D eigenvalue weighted by Gasteiger charge is -2.30. The standard InChI is InChI=1S/C14H13F3O2/c1-13(2)8-11(18)7-12(19-13)9-3-5-10(6-4-9)14(15,16)17/h3-7H,8H2,1-2H3. The summed E-state index contributed by atoms with van der Waals surface area (Å²) in [6.45, 7) is 3.53. The fraction of sp³-hybridized carbons (Fsp3) is 0.357. The summed E-state index contributed by atoms with van der Waals surface area (Å²) in [6, 6.07) is 4.57. The molecule has 1 aliphatic rings. The van der Waals surface area contributed by atoms with Gasteiger partial charge in [-0.1, -0.05) is 12.1 Å². The number of alkyl halides is 3. The summed E-state index contributed by atoms with van der Waals surface area (Å²) in [5.74, 6) is 0.223. The van der Waals surface area contributed by atoms with Gasteiger partial charge in [-0.15, -0.1) is 0 Å². The molecular weight excluding hydrogens is 257 g/mol. The molecule has 2 nitrogen and oxygen atoms in total. The number of carbonyl (C=O) groups is 1. The number of hydrogen-bond acceptors (Lipinski definition) is 2. The zero-order valence-electron chi connectivity index (χ0n) is 10.5. The number of ether oxygens (including phenoxy) is 1. The maximum Gasteiger partial charge on any atom is 0.416 e. The average Bonchev–Trinajstić information content (AvgIpc) is 2.25. The molecule has 0 aromatic heterocycles. The van der Waals surface area contributed by atoms with Gasteiger partial charge in [0.15, 0.2) is 5.78 Å². The summed E-state index contributed by atoms with van der Waals surface area (Å²) < 4.78 is 43.0. The maximum atomic E-state index is 12.4. The van der Waals surface area contributed by atoms with Gasteiger partial charge in [0.2, 0.25) is 0 Å². The minimum atomic E-state index is -4.37. The quantitative estimate of drug-likeness (QED) is 0.775. The number of allylic oxidation sites excluding steroid dienone is 1. The van der Waals surface area contributed by atoms with Crippen LogP contribution in [0.1, 0.15) is 31.4 Å². The summed E-state index contributed by atoms with van der Waals surface area (Å²) in [5.41, 5.74) is -0.892. The third kappa shape index (κ3) is 3.16. The summed E-state index contributed by atoms with van der Waals surface area (Å²) in [7, 11) is 0. The van der Waals surface area contributed by atoms with E-state index in [1.807, 2.05) is 0 Å². The Morgan fingerprint density at radius 1 is 1.16 bits per heavy atom. The highest BCUT2D eigenvalue weighted by Gasteiger charge is 2.32. The Hall–Kier alpha value is -1.78. The van der Waals surface area contributed by atoms with E-state index in [4.69, 9.17) is 4.74 Å². The molecule has 102 valence electrons. The van der Waals surface area contributed by atoms with Crippen molar-refractivity contribution in [2.45, 2.75) is 32.0 Å². The predicted octanol–water partition coefficient (Wildman–Crippen LogP) is 3.81. The molecular formula is C14H13F3O2. The highest BCUT2D eigenvalue weighted by Crippen LogP contribution is 2.33. The first-order valence-electron chi connectivity index (χ1n) is 5.79. The number of halogens is 3. The molecule has 1 aliphatic heterocycles. The number of hydrogen-bond donors (Lipinski definition) is 0. The lowest BCUT2D eigenvalue weighted by molar-refractivity contribution is -0.137. The smallest absolute Gasteiger partial charge is 0.416 e. The fourth-order valence-corrected chi connectivity index (χ4v) is 1.95. The van der Waals surface area contributed by atoms with Crippen LogP contribution in [0, 0.1) is 0 Å². The average molecular weight is 270 g/mol. The van der Waals surface area contributed by atoms with E-state index in [0.29, 0.717) is 11.3 Å². The number of ketones is 1. The second kappa shape index (κ2) is 4.40. The van der Waals surface area contributed by atoms with Crippen LogP contribution in [-0.2, 0) is 15.7 Å². The summed E-state index contributed by atoms with van der Waals surface area (Å²) in [5, 5.41) is 0. The van der Waals surface area contributed by atoms with Crippen LogP contribution in [0.2, 0.25) is 0 Å². The molecule has 0 aliphatic carbocycles. The van der Waals surface area contributed by atoms with Gasteiger partial charge >= 0.3 is 6.18 Å². The van der Waals surface area contributed by atoms with E-state index in [0.717, 1.165) is 12.1 Å². The van der Waals surface area contributed by atoms with Crippen LogP contribution in [0.25, 0.3) is 5.76 Å². The van der Waals surface area contributed by atoms with Crippen molar-refractivity contribution in [3.63, 3.8) is 0 Å². The third-order valence-electron chi connectivity index (χ3n) is 2.78. The first-order valence-corrected chi connectivity index (χ1v) is 5.79. The zero-order valence-corrected chi connectivity index (χ0v) is 10.5. The molecule has 5 heteroatoms. The van der Waals surface area contributed by atoms with Crippen LogP contribution in [0.15, 0.2) is 30.3 Å². The van der Waals surface area contributed by atoms with Crippen molar-refractivity contribution in [2.24, 2.45) is 0 Å². The summed E-state index contributed by atoms with van der Waals surface area (Å²) >= 11 is 0. The minimum absolute atomic E-state index is 0.0915. The normalized spacial score (nSPS) is 18.8. The van der Waals surface area contributed by atoms with E-state index in [1.165, 1.54) is 18.2 Å². The molecule has 0 bridgehead atoms. The van der Waals surface area contributed by atoms with Gasteiger partial charge < -0.3 is 4.74 Å². The van der Waals surface area contributed by atoms with Crippen LogP contribution in [0.4, 0.5) is 13.2 Å². The van der Waals surface area contributed by atoms with Crippen molar-refractivity contribution < 1.29 is 22.7 Å². The lowest BCUT2D eigenvalue weighted by atomic mass is 9.96. The van der Waals surface area contributed by atoms with Crippen LogP contribution in [-0.4, -0.2) is 11.4 Å². The van der Waals surface area contributed by atoms with Crippen LogP contribution >= 0.6 is 0 Å². The van der Waals surface area contributed by atoms with Gasteiger partial charge in [0.05, 0.1) is 5.56 Å². The van der Waals surface area contributed by atoms with Crippen molar-refractivity contribution in [2.75, 3.05) is 0 Å². The summed E-state index contributed by atoms with van der Waals surface area (Å²) in [4.78, 5) is 11.6. The van der Waals surface area contributed by atoms with Crippen LogP contribution < -0.4 is 0 Å². The van der Waals surface area contributed by atoms with Gasteiger partial charge in [-0.3, -0.25) is 4.79 Å². The van der Waals surface area contributed by atoms with Gasteiger partial charge in [0.25, 0.3) is 0 Å². The third-order valence-corrected chi connectivity index (χ3v) is 2.78. The molecule has 2 rings (SSSR count). The largest absolute Gasteiger partial charge is 0.487 e. The van der Waals surface area contributed by atoms with Crippen molar-refractivity contribution in [1.29, 1.82) is 0 Å². The molecule has 1 aromatic carbocycles. The monoisotopic (exact) mass is 270 g/mol. The molecule has 0 spiro atoms. The van der Waals surface area contributed by atoms with Crippen LogP contribution in [0.5, 0.6) is 0 Å². The van der Waals surface area contributed by atoms with E-state index in [2.05, 4.69) is 0 Å². The van der Waals surface area contributed by atoms with Gasteiger partial charge in [-0.05, 0) is 26.0 Å². The maximum absolute atomic E-state index is 12.4. The van der Waals surface area contributed by atoms with E-state index in [1.54, 1.807) is 13.8 Å². The molecule has 1 aromatic rings. The Labute approximate surface area is 108 Å². The predicted molar refractivity (Wildman–Crippen MR) is 64.2 cm³/mol. The zero-order chi connectivity index (χ0) is 14.3. The molecule has 0 unspecified atom stereocenters. The molecule has 0 saturated heterocycles. The topological polar surface area (TPSA) is 26.3 Å². The highest BCUT2D eigenvalue weighted by atomic mass is 19.4. The second-order valence-electron chi connectivity index (χ2n) is 5.09. The molecule has 0 atom stereocenters. The Morgan fingerprint density at radius 2 is 1.74 bits per heavy atom. The van der Waals surface area contributed by atoms with Crippen LogP contribution in [0.3, 0.4) is 0 Å². The van der Waals surface area contributed by atoms with E-state index in [-0.39, 0.29) is 12.2 Å². The first-order chi connectivity index (χ1) is 8.67. The van der Waals surface area contributed by atoms with Gasteiger partial charge in [0.1, 0.15) is 11.4 Å². The Kier molecular flexibility index (Phi) is 3.16. The molecule has 0 N–H and O–H groups in total. The van der Waals surface area contributed by atoms with Gasteiger partial charge in [0, 0.05) is 18.1 Å². The van der Waals surface area contributed by atoms with Gasteiger partial charge in [-0.2, -0.15) is 13.2 Å². The molecule has 0 amide bonds. The SMILES string of the molecule is CC1(C)CC(=O)C=C(c2ccc(C(F)(F)F)cc2)O1. The molecule has 0 saturated carbocycles. The number of rotatable bonds is 1. The molecule has 0 radical (unpaired) electrons. The first kappa shape index (κ1) is 13.6. The van der Waals surface area contributed by atoms with Crippen molar-refractivity contribution in [3.05, 3.63) is 41.5 Å². The molecule has 1 heterocycles. The Morgan fingerprint density at radius 3 is 2.21 bits per heavy atom. The van der Waals surface area contributed by atoms with Crippen molar-refractivity contribution >= 4 is 11.5 Å². The minimum Gasteiger partial charge on any atom is -0.487 e. The highest BCUT2D eigenvalue weighted by molar-refractivity contribution is 5.97. The fourth-order valence-electron chi connectivity index (χ4n) is 1.95. The molecule has 0 fully saturated rings. The number of carbonyl (C=O) groups excluding carboxylic acids is 1. The van der Waals surface area contributed by atoms with Crippen molar-refractivity contribution in [1.82, 2.24) is 0 Å². The van der Waals surface area contributed by atoms with E-state index >= 15 is 0 Å². The van der Waals surface area contributed by atoms with Crippen molar-refractivity contribution in [3.8, 4) is 0 Å². The van der Waals surface area contributed by atoms with E-state index < -0.39 is 17.3 Å². The second-order valence-corrected chi connectivity index (χ2v) is 5.09. The number of benzene rings is 1. The summed E-state index contributed by atoms with van der Waals surface area (Å²) in [6.07, 6.45) is -2.78. The molecule has 19 heavy (non-hydrogen) atoms. The van der Waals surface area contributed by atoms with E-state index in [9.17, 15) is 18.0 Å². The Balaban J connectivity index is 2.30. The lowest BCUT2D eigenvalue weighted by Crippen LogP contribution is -2.30. The van der Waals surface area contributed by atoms with Gasteiger partial charge in [-0.25, -0.2) is 0 Å². The Bertz CT molecular complexity index is 525.